The minimum Gasteiger partial charge on any atom is -0.240 e. The Morgan fingerprint density at radius 1 is 1.05 bits per heavy atom. The number of aromatic nitrogens is 2. The van der Waals surface area contributed by atoms with Crippen molar-refractivity contribution in [3.8, 4) is 16.8 Å². The molecule has 3 aromatic rings. The largest absolute Gasteiger partial charge is 0.240 e. The number of rotatable bonds is 3. The van der Waals surface area contributed by atoms with E-state index in [0.717, 1.165) is 28.9 Å². The van der Waals surface area contributed by atoms with Crippen LogP contribution in [0.1, 0.15) is 12.6 Å². The minimum atomic E-state index is -0.250. The van der Waals surface area contributed by atoms with Crippen LogP contribution < -0.4 is 0 Å². The molecular formula is C17H14ClFN2. The fraction of sp³-hybridized carbons (Fsp3) is 0.118. The van der Waals surface area contributed by atoms with Crippen molar-refractivity contribution in [1.82, 2.24) is 9.78 Å². The van der Waals surface area contributed by atoms with Gasteiger partial charge in [-0.15, -0.1) is 0 Å². The highest BCUT2D eigenvalue weighted by Crippen LogP contribution is 2.26. The summed E-state index contributed by atoms with van der Waals surface area (Å²) < 4.78 is 14.8. The third-order valence-electron chi connectivity index (χ3n) is 3.37. The van der Waals surface area contributed by atoms with E-state index in [9.17, 15) is 4.39 Å². The van der Waals surface area contributed by atoms with Crippen molar-refractivity contribution >= 4 is 11.6 Å². The van der Waals surface area contributed by atoms with Gasteiger partial charge in [-0.3, -0.25) is 0 Å². The van der Waals surface area contributed by atoms with Gasteiger partial charge in [0.05, 0.1) is 11.4 Å². The molecule has 21 heavy (non-hydrogen) atoms. The molecule has 106 valence electrons. The molecule has 4 heteroatoms. The zero-order chi connectivity index (χ0) is 14.8. The van der Waals surface area contributed by atoms with Crippen LogP contribution in [0.5, 0.6) is 0 Å². The first-order valence-corrected chi connectivity index (χ1v) is 7.15. The van der Waals surface area contributed by atoms with Crippen molar-refractivity contribution in [2.45, 2.75) is 13.3 Å². The Morgan fingerprint density at radius 2 is 1.71 bits per heavy atom. The average Bonchev–Trinajstić information content (AvgIpc) is 2.93. The van der Waals surface area contributed by atoms with Crippen LogP contribution in [0.2, 0.25) is 5.02 Å². The summed E-state index contributed by atoms with van der Waals surface area (Å²) in [6.45, 7) is 2.07. The lowest BCUT2D eigenvalue weighted by Gasteiger charge is -2.00. The predicted octanol–water partition coefficient (Wildman–Crippen LogP) is 4.89. The topological polar surface area (TPSA) is 17.8 Å². The van der Waals surface area contributed by atoms with Crippen molar-refractivity contribution in [1.29, 1.82) is 0 Å². The monoisotopic (exact) mass is 300 g/mol. The first-order valence-electron chi connectivity index (χ1n) is 6.78. The number of halogens is 2. The first-order chi connectivity index (χ1) is 10.2. The molecule has 0 radical (unpaired) electrons. The third-order valence-corrected chi connectivity index (χ3v) is 3.62. The average molecular weight is 301 g/mol. The van der Waals surface area contributed by atoms with Gasteiger partial charge >= 0.3 is 0 Å². The molecule has 0 unspecified atom stereocenters. The Labute approximate surface area is 127 Å². The Bertz CT molecular complexity index is 745. The highest BCUT2D eigenvalue weighted by Gasteiger charge is 2.10. The second-order valence-corrected chi connectivity index (χ2v) is 5.21. The van der Waals surface area contributed by atoms with Gasteiger partial charge < -0.3 is 0 Å². The minimum absolute atomic E-state index is 0.250. The maximum Gasteiger partial charge on any atom is 0.123 e. The first kappa shape index (κ1) is 13.8. The fourth-order valence-electron chi connectivity index (χ4n) is 2.27. The summed E-state index contributed by atoms with van der Waals surface area (Å²) in [5, 5.41) is 5.30. The van der Waals surface area contributed by atoms with E-state index in [2.05, 4.69) is 12.0 Å². The van der Waals surface area contributed by atoms with E-state index in [4.69, 9.17) is 11.6 Å². The summed E-state index contributed by atoms with van der Waals surface area (Å²) in [5.41, 5.74) is 3.98. The third kappa shape index (κ3) is 2.83. The van der Waals surface area contributed by atoms with Gasteiger partial charge in [0, 0.05) is 16.8 Å². The molecule has 0 bridgehead atoms. The van der Waals surface area contributed by atoms with Crippen molar-refractivity contribution < 1.29 is 4.39 Å². The molecule has 3 rings (SSSR count). The van der Waals surface area contributed by atoms with Crippen LogP contribution in [0.15, 0.2) is 54.7 Å². The van der Waals surface area contributed by atoms with Crippen LogP contribution in [0.4, 0.5) is 4.39 Å². The molecule has 1 heterocycles. The zero-order valence-corrected chi connectivity index (χ0v) is 12.3. The molecule has 0 saturated carbocycles. The molecular weight excluding hydrogens is 287 g/mol. The van der Waals surface area contributed by atoms with Crippen molar-refractivity contribution in [3.05, 3.63) is 71.3 Å². The zero-order valence-electron chi connectivity index (χ0n) is 11.6. The highest BCUT2D eigenvalue weighted by molar-refractivity contribution is 6.30. The number of hydrogen-bond acceptors (Lipinski definition) is 1. The smallest absolute Gasteiger partial charge is 0.123 e. The normalized spacial score (nSPS) is 10.8. The van der Waals surface area contributed by atoms with E-state index in [1.807, 2.05) is 30.5 Å². The van der Waals surface area contributed by atoms with Gasteiger partial charge in [0.25, 0.3) is 0 Å². The molecule has 0 fully saturated rings. The molecule has 0 aliphatic heterocycles. The van der Waals surface area contributed by atoms with Crippen molar-refractivity contribution in [2.24, 2.45) is 0 Å². The summed E-state index contributed by atoms with van der Waals surface area (Å²) in [4.78, 5) is 0. The van der Waals surface area contributed by atoms with E-state index in [-0.39, 0.29) is 5.82 Å². The van der Waals surface area contributed by atoms with Gasteiger partial charge in [0.2, 0.25) is 0 Å². The van der Waals surface area contributed by atoms with Gasteiger partial charge in [0.15, 0.2) is 0 Å². The summed E-state index contributed by atoms with van der Waals surface area (Å²) >= 11 is 5.93. The molecule has 0 saturated heterocycles. The SMILES string of the molecule is CCc1nn(-c2ccc(F)cc2)cc1-c1ccc(Cl)cc1. The molecule has 0 atom stereocenters. The van der Waals surface area contributed by atoms with E-state index in [0.29, 0.717) is 5.02 Å². The molecule has 0 aliphatic rings. The van der Waals surface area contributed by atoms with Crippen LogP contribution >= 0.6 is 11.6 Å². The molecule has 2 aromatic carbocycles. The maximum atomic E-state index is 13.0. The second kappa shape index (κ2) is 5.70. The molecule has 0 aliphatic carbocycles. The molecule has 0 amide bonds. The number of nitrogens with zero attached hydrogens (tertiary/aromatic N) is 2. The molecule has 1 aromatic heterocycles. The van der Waals surface area contributed by atoms with Gasteiger partial charge in [-0.1, -0.05) is 30.7 Å². The van der Waals surface area contributed by atoms with E-state index in [1.165, 1.54) is 12.1 Å². The Balaban J connectivity index is 2.05. The molecule has 0 N–H and O–H groups in total. The summed E-state index contributed by atoms with van der Waals surface area (Å²) in [7, 11) is 0. The quantitative estimate of drug-likeness (QED) is 0.673. The van der Waals surface area contributed by atoms with Gasteiger partial charge in [-0.2, -0.15) is 5.10 Å². The summed E-state index contributed by atoms with van der Waals surface area (Å²) in [6.07, 6.45) is 2.79. The maximum absolute atomic E-state index is 13.0. The standard InChI is InChI=1S/C17H14ClFN2/c1-2-17-16(12-3-5-13(18)6-4-12)11-21(20-17)15-9-7-14(19)8-10-15/h3-11H,2H2,1H3. The van der Waals surface area contributed by atoms with E-state index in [1.54, 1.807) is 16.8 Å². The second-order valence-electron chi connectivity index (χ2n) is 4.77. The lowest BCUT2D eigenvalue weighted by molar-refractivity contribution is 0.627. The summed E-state index contributed by atoms with van der Waals surface area (Å²) in [6, 6.07) is 14.0. The Morgan fingerprint density at radius 3 is 2.33 bits per heavy atom. The fourth-order valence-corrected chi connectivity index (χ4v) is 2.39. The van der Waals surface area contributed by atoms with Crippen LogP contribution in [-0.4, -0.2) is 9.78 Å². The van der Waals surface area contributed by atoms with Gasteiger partial charge in [-0.25, -0.2) is 9.07 Å². The number of benzene rings is 2. The lowest BCUT2D eigenvalue weighted by Crippen LogP contribution is -1.95. The Kier molecular flexibility index (Phi) is 3.76. The van der Waals surface area contributed by atoms with E-state index < -0.39 is 0 Å². The predicted molar refractivity (Wildman–Crippen MR) is 83.3 cm³/mol. The van der Waals surface area contributed by atoms with Crippen molar-refractivity contribution in [2.75, 3.05) is 0 Å². The summed E-state index contributed by atoms with van der Waals surface area (Å²) in [5.74, 6) is -0.250. The molecule has 0 spiro atoms. The Hall–Kier alpha value is -2.13. The van der Waals surface area contributed by atoms with Crippen LogP contribution in [0.3, 0.4) is 0 Å². The number of hydrogen-bond donors (Lipinski definition) is 0. The molecule has 2 nitrogen and oxygen atoms in total. The van der Waals surface area contributed by atoms with Crippen LogP contribution in [-0.2, 0) is 6.42 Å². The van der Waals surface area contributed by atoms with Crippen LogP contribution in [0, 0.1) is 5.82 Å². The van der Waals surface area contributed by atoms with Crippen LogP contribution in [0.25, 0.3) is 16.8 Å². The van der Waals surface area contributed by atoms with Gasteiger partial charge in [0.1, 0.15) is 5.82 Å². The van der Waals surface area contributed by atoms with E-state index >= 15 is 0 Å². The number of aryl methyl sites for hydroxylation is 1. The van der Waals surface area contributed by atoms with Gasteiger partial charge in [-0.05, 0) is 48.4 Å². The highest BCUT2D eigenvalue weighted by atomic mass is 35.5. The van der Waals surface area contributed by atoms with Crippen molar-refractivity contribution in [3.63, 3.8) is 0 Å². The lowest BCUT2D eigenvalue weighted by atomic mass is 10.1.